The molecule has 1 atom stereocenters. The highest BCUT2D eigenvalue weighted by molar-refractivity contribution is 5.92. The largest absolute Gasteiger partial charge is 0.489 e. The lowest BCUT2D eigenvalue weighted by atomic mass is 10.2. The number of aromatic nitrogens is 3. The average molecular weight is 465 g/mol. The van der Waals surface area contributed by atoms with Gasteiger partial charge in [0.2, 0.25) is 0 Å². The summed E-state index contributed by atoms with van der Waals surface area (Å²) >= 11 is 0. The number of imidazole rings is 1. The number of pyridine rings is 1. The standard InChI is InChI=1S/C25H24FN3O5/c1-15(13-31-2)34-20-9-17(8-19(11-20)33-14-16-6-4-5-7-21(16)26)23-28-22-10-18(25(30)32-3)12-27-24(22)29-23/h4-12,15H,13-14H2,1-3H3,(H,27,28,29). The maximum atomic E-state index is 14.0. The molecule has 2 aromatic carbocycles. The molecule has 0 bridgehead atoms. The Morgan fingerprint density at radius 1 is 1.12 bits per heavy atom. The van der Waals surface area contributed by atoms with Crippen LogP contribution in [0.15, 0.2) is 54.7 Å². The van der Waals surface area contributed by atoms with Gasteiger partial charge in [0.15, 0.2) is 5.65 Å². The van der Waals surface area contributed by atoms with Crippen molar-refractivity contribution in [3.05, 3.63) is 71.7 Å². The van der Waals surface area contributed by atoms with Gasteiger partial charge in [-0.05, 0) is 31.2 Å². The van der Waals surface area contributed by atoms with E-state index in [4.69, 9.17) is 18.9 Å². The number of halogens is 1. The van der Waals surface area contributed by atoms with Gasteiger partial charge in [0, 0.05) is 30.5 Å². The van der Waals surface area contributed by atoms with Gasteiger partial charge in [-0.2, -0.15) is 0 Å². The van der Waals surface area contributed by atoms with E-state index in [1.807, 2.05) is 6.92 Å². The minimum Gasteiger partial charge on any atom is -0.489 e. The van der Waals surface area contributed by atoms with E-state index < -0.39 is 5.97 Å². The van der Waals surface area contributed by atoms with Crippen LogP contribution in [0.25, 0.3) is 22.6 Å². The predicted molar refractivity (Wildman–Crippen MR) is 123 cm³/mol. The van der Waals surface area contributed by atoms with Crippen LogP contribution in [0.4, 0.5) is 4.39 Å². The molecule has 0 amide bonds. The van der Waals surface area contributed by atoms with E-state index in [-0.39, 0.29) is 18.5 Å². The quantitative estimate of drug-likeness (QED) is 0.363. The molecule has 4 aromatic rings. The zero-order chi connectivity index (χ0) is 24.1. The van der Waals surface area contributed by atoms with E-state index in [1.54, 1.807) is 49.6 Å². The minimum absolute atomic E-state index is 0.0490. The van der Waals surface area contributed by atoms with E-state index in [9.17, 15) is 9.18 Å². The number of fused-ring (bicyclic) bond motifs is 1. The van der Waals surface area contributed by atoms with Crippen molar-refractivity contribution in [2.75, 3.05) is 20.8 Å². The Labute approximate surface area is 195 Å². The van der Waals surface area contributed by atoms with Gasteiger partial charge in [-0.3, -0.25) is 0 Å². The van der Waals surface area contributed by atoms with Crippen molar-refractivity contribution in [1.82, 2.24) is 15.0 Å². The first kappa shape index (κ1) is 23.2. The fourth-order valence-electron chi connectivity index (χ4n) is 3.40. The average Bonchev–Trinajstić information content (AvgIpc) is 3.26. The number of rotatable bonds is 9. The number of hydrogen-bond acceptors (Lipinski definition) is 7. The van der Waals surface area contributed by atoms with Crippen molar-refractivity contribution in [2.45, 2.75) is 19.6 Å². The molecule has 8 nitrogen and oxygen atoms in total. The second-order valence-corrected chi connectivity index (χ2v) is 7.63. The van der Waals surface area contributed by atoms with Gasteiger partial charge in [-0.1, -0.05) is 18.2 Å². The molecule has 2 heterocycles. The SMILES string of the molecule is COCC(C)Oc1cc(OCc2ccccc2F)cc(-c2nc3ncc(C(=O)OC)cc3[nH]2)c1. The van der Waals surface area contributed by atoms with Crippen molar-refractivity contribution < 1.29 is 28.1 Å². The highest BCUT2D eigenvalue weighted by Gasteiger charge is 2.14. The highest BCUT2D eigenvalue weighted by atomic mass is 19.1. The third-order valence-corrected chi connectivity index (χ3v) is 5.00. The molecule has 0 fully saturated rings. The van der Waals surface area contributed by atoms with E-state index in [2.05, 4.69) is 15.0 Å². The fourth-order valence-corrected chi connectivity index (χ4v) is 3.40. The van der Waals surface area contributed by atoms with Crippen LogP contribution in [-0.2, 0) is 16.1 Å². The van der Waals surface area contributed by atoms with Crippen molar-refractivity contribution in [2.24, 2.45) is 0 Å². The third kappa shape index (κ3) is 5.32. The van der Waals surface area contributed by atoms with Crippen LogP contribution in [0.3, 0.4) is 0 Å². The third-order valence-electron chi connectivity index (χ3n) is 5.00. The van der Waals surface area contributed by atoms with E-state index in [1.165, 1.54) is 19.4 Å². The lowest BCUT2D eigenvalue weighted by Crippen LogP contribution is -2.18. The molecule has 9 heteroatoms. The minimum atomic E-state index is -0.489. The normalized spacial score (nSPS) is 11.9. The zero-order valence-electron chi connectivity index (χ0n) is 19.0. The molecule has 176 valence electrons. The molecule has 0 aliphatic rings. The topological polar surface area (TPSA) is 95.6 Å². The summed E-state index contributed by atoms with van der Waals surface area (Å²) in [5.74, 6) is 0.689. The molecule has 4 rings (SSSR count). The van der Waals surface area contributed by atoms with Crippen LogP contribution in [-0.4, -0.2) is 47.9 Å². The van der Waals surface area contributed by atoms with Gasteiger partial charge in [0.1, 0.15) is 35.9 Å². The number of methoxy groups -OCH3 is 2. The molecule has 1 unspecified atom stereocenters. The van der Waals surface area contributed by atoms with Crippen molar-refractivity contribution in [1.29, 1.82) is 0 Å². The van der Waals surface area contributed by atoms with Gasteiger partial charge in [-0.25, -0.2) is 19.2 Å². The molecule has 0 radical (unpaired) electrons. The number of H-pyrrole nitrogens is 1. The number of benzene rings is 2. The molecule has 2 aromatic heterocycles. The van der Waals surface area contributed by atoms with Crippen LogP contribution in [0.2, 0.25) is 0 Å². The number of hydrogen-bond donors (Lipinski definition) is 1. The summed E-state index contributed by atoms with van der Waals surface area (Å²) < 4.78 is 35.8. The smallest absolute Gasteiger partial charge is 0.339 e. The first-order valence-electron chi connectivity index (χ1n) is 10.6. The summed E-state index contributed by atoms with van der Waals surface area (Å²) in [5, 5.41) is 0. The number of nitrogens with zero attached hydrogens (tertiary/aromatic N) is 2. The molecule has 0 aliphatic heterocycles. The molecule has 0 saturated heterocycles. The van der Waals surface area contributed by atoms with E-state index >= 15 is 0 Å². The van der Waals surface area contributed by atoms with Crippen LogP contribution >= 0.6 is 0 Å². The van der Waals surface area contributed by atoms with Gasteiger partial charge in [0.05, 0.1) is 24.8 Å². The summed E-state index contributed by atoms with van der Waals surface area (Å²) in [4.78, 5) is 23.8. The number of aromatic amines is 1. The van der Waals surface area contributed by atoms with Crippen LogP contribution in [0.1, 0.15) is 22.8 Å². The van der Waals surface area contributed by atoms with E-state index in [0.29, 0.717) is 51.8 Å². The maximum Gasteiger partial charge on any atom is 0.339 e. The summed E-state index contributed by atoms with van der Waals surface area (Å²) in [7, 11) is 2.91. The number of esters is 1. The molecule has 0 saturated carbocycles. The van der Waals surface area contributed by atoms with Gasteiger partial charge in [-0.15, -0.1) is 0 Å². The Kier molecular flexibility index (Phi) is 7.03. The van der Waals surface area contributed by atoms with Crippen LogP contribution in [0, 0.1) is 5.82 Å². The van der Waals surface area contributed by atoms with Gasteiger partial charge in [0.25, 0.3) is 0 Å². The Morgan fingerprint density at radius 2 is 1.91 bits per heavy atom. The second-order valence-electron chi connectivity index (χ2n) is 7.63. The molecule has 1 N–H and O–H groups in total. The number of carbonyl (C=O) groups is 1. The predicted octanol–water partition coefficient (Wildman–Crippen LogP) is 4.54. The monoisotopic (exact) mass is 465 g/mol. The second kappa shape index (κ2) is 10.3. The zero-order valence-corrected chi connectivity index (χ0v) is 19.0. The van der Waals surface area contributed by atoms with Gasteiger partial charge < -0.3 is 23.9 Å². The van der Waals surface area contributed by atoms with Crippen molar-refractivity contribution >= 4 is 17.1 Å². The van der Waals surface area contributed by atoms with Gasteiger partial charge >= 0.3 is 5.97 Å². The Morgan fingerprint density at radius 3 is 2.68 bits per heavy atom. The summed E-state index contributed by atoms with van der Waals surface area (Å²) in [6.45, 7) is 2.34. The molecule has 0 aliphatic carbocycles. The molecular formula is C25H24FN3O5. The first-order valence-corrected chi connectivity index (χ1v) is 10.6. The number of carbonyl (C=O) groups excluding carboxylic acids is 1. The van der Waals surface area contributed by atoms with Crippen molar-refractivity contribution in [3.63, 3.8) is 0 Å². The van der Waals surface area contributed by atoms with Crippen LogP contribution < -0.4 is 9.47 Å². The molecule has 0 spiro atoms. The lowest BCUT2D eigenvalue weighted by Gasteiger charge is -2.16. The Balaban J connectivity index is 1.68. The number of ether oxygens (including phenoxy) is 4. The molecule has 34 heavy (non-hydrogen) atoms. The fraction of sp³-hybridized carbons (Fsp3) is 0.240. The number of nitrogens with one attached hydrogen (secondary N) is 1. The Hall–Kier alpha value is -3.98. The Bertz CT molecular complexity index is 1310. The summed E-state index contributed by atoms with van der Waals surface area (Å²) in [5.41, 5.74) is 2.43. The maximum absolute atomic E-state index is 14.0. The first-order chi connectivity index (χ1) is 16.5. The van der Waals surface area contributed by atoms with E-state index in [0.717, 1.165) is 0 Å². The summed E-state index contributed by atoms with van der Waals surface area (Å²) in [6.07, 6.45) is 1.20. The summed E-state index contributed by atoms with van der Waals surface area (Å²) in [6, 6.07) is 13.4. The van der Waals surface area contributed by atoms with Crippen LogP contribution in [0.5, 0.6) is 11.5 Å². The lowest BCUT2D eigenvalue weighted by molar-refractivity contribution is 0.0600. The van der Waals surface area contributed by atoms with Crippen molar-refractivity contribution in [3.8, 4) is 22.9 Å². The molecular weight excluding hydrogens is 441 g/mol. The highest BCUT2D eigenvalue weighted by Crippen LogP contribution is 2.31.